The average Bonchev–Trinajstić information content (AvgIpc) is 3.29. The molecule has 3 rings (SSSR count). The summed E-state index contributed by atoms with van der Waals surface area (Å²) in [7, 11) is -3.28. The molecule has 2 N–H and O–H groups in total. The maximum absolute atomic E-state index is 12.1. The minimum atomic E-state index is -3.28. The van der Waals surface area contributed by atoms with Crippen LogP contribution in [0.25, 0.3) is 11.3 Å². The Labute approximate surface area is 151 Å². The number of sulfonamides is 1. The number of aromatic nitrogens is 1. The smallest absolute Gasteiger partial charge is 0.319 e. The Kier molecular flexibility index (Phi) is 5.67. The third-order valence-electron chi connectivity index (χ3n) is 3.95. The van der Waals surface area contributed by atoms with Crippen LogP contribution in [0.15, 0.2) is 35.2 Å². The molecular weight excluding hydrogens is 360 g/mol. The van der Waals surface area contributed by atoms with E-state index in [1.807, 2.05) is 23.6 Å². The van der Waals surface area contributed by atoms with Crippen LogP contribution in [0.5, 0.6) is 0 Å². The third-order valence-corrected chi connectivity index (χ3v) is 6.41. The lowest BCUT2D eigenvalue weighted by atomic mass is 10.1. The molecule has 1 aromatic carbocycles. The van der Waals surface area contributed by atoms with Gasteiger partial charge in [0, 0.05) is 36.3 Å². The van der Waals surface area contributed by atoms with Crippen LogP contribution in [0.1, 0.15) is 12.8 Å². The maximum atomic E-state index is 12.1. The van der Waals surface area contributed by atoms with Crippen LogP contribution in [-0.4, -0.2) is 49.1 Å². The summed E-state index contributed by atoms with van der Waals surface area (Å²) in [4.78, 5) is 16.2. The minimum absolute atomic E-state index is 0.0798. The first kappa shape index (κ1) is 17.8. The largest absolute Gasteiger partial charge is 0.337 e. The lowest BCUT2D eigenvalue weighted by Gasteiger charge is -2.15. The van der Waals surface area contributed by atoms with Gasteiger partial charge in [-0.25, -0.2) is 22.5 Å². The zero-order chi connectivity index (χ0) is 17.7. The van der Waals surface area contributed by atoms with Gasteiger partial charge in [0.1, 0.15) is 0 Å². The van der Waals surface area contributed by atoms with E-state index in [1.165, 1.54) is 15.6 Å². The molecule has 1 saturated heterocycles. The van der Waals surface area contributed by atoms with Crippen LogP contribution < -0.4 is 10.6 Å². The Morgan fingerprint density at radius 2 is 2.08 bits per heavy atom. The molecule has 1 aliphatic rings. The maximum Gasteiger partial charge on any atom is 0.319 e. The summed E-state index contributed by atoms with van der Waals surface area (Å²) in [6, 6.07) is 6.93. The predicted molar refractivity (Wildman–Crippen MR) is 99.2 cm³/mol. The van der Waals surface area contributed by atoms with E-state index in [9.17, 15) is 13.2 Å². The van der Waals surface area contributed by atoms with E-state index in [0.29, 0.717) is 18.8 Å². The highest BCUT2D eigenvalue weighted by atomic mass is 32.2. The number of rotatable bonds is 6. The lowest BCUT2D eigenvalue weighted by molar-refractivity contribution is 0.252. The highest BCUT2D eigenvalue weighted by Gasteiger charge is 2.24. The second kappa shape index (κ2) is 7.94. The van der Waals surface area contributed by atoms with Gasteiger partial charge in [-0.1, -0.05) is 12.1 Å². The van der Waals surface area contributed by atoms with Crippen molar-refractivity contribution in [3.05, 3.63) is 35.2 Å². The molecule has 1 fully saturated rings. The number of amides is 2. The van der Waals surface area contributed by atoms with Gasteiger partial charge in [-0.3, -0.25) is 0 Å². The van der Waals surface area contributed by atoms with E-state index in [0.717, 1.165) is 24.1 Å². The summed E-state index contributed by atoms with van der Waals surface area (Å²) >= 11 is 1.51. The van der Waals surface area contributed by atoms with Gasteiger partial charge in [-0.2, -0.15) is 0 Å². The number of urea groups is 1. The number of nitrogens with zero attached hydrogens (tertiary/aromatic N) is 2. The molecule has 0 unspecified atom stereocenters. The van der Waals surface area contributed by atoms with Crippen molar-refractivity contribution in [2.45, 2.75) is 12.8 Å². The summed E-state index contributed by atoms with van der Waals surface area (Å²) in [6.45, 7) is 1.24. The van der Waals surface area contributed by atoms with Gasteiger partial charge in [0.2, 0.25) is 10.0 Å². The predicted octanol–water partition coefficient (Wildman–Crippen LogP) is 2.36. The fourth-order valence-electron chi connectivity index (χ4n) is 2.68. The van der Waals surface area contributed by atoms with Crippen molar-refractivity contribution in [2.24, 2.45) is 0 Å². The van der Waals surface area contributed by atoms with Crippen LogP contribution in [0.2, 0.25) is 0 Å². The van der Waals surface area contributed by atoms with E-state index in [-0.39, 0.29) is 12.3 Å². The molecule has 0 saturated carbocycles. The minimum Gasteiger partial charge on any atom is -0.337 e. The number of hydrogen-bond donors (Lipinski definition) is 2. The van der Waals surface area contributed by atoms with Gasteiger partial charge < -0.3 is 10.6 Å². The van der Waals surface area contributed by atoms with E-state index in [1.54, 1.807) is 11.6 Å². The van der Waals surface area contributed by atoms with Crippen LogP contribution in [0, 0.1) is 0 Å². The molecule has 0 atom stereocenters. The van der Waals surface area contributed by atoms with Gasteiger partial charge in [0.15, 0.2) is 0 Å². The molecule has 2 aromatic rings. The molecule has 2 heterocycles. The van der Waals surface area contributed by atoms with Crippen molar-refractivity contribution in [3.8, 4) is 11.3 Å². The molecule has 0 aliphatic carbocycles. The first-order chi connectivity index (χ1) is 12.0. The van der Waals surface area contributed by atoms with Gasteiger partial charge in [0.05, 0.1) is 17.0 Å². The molecule has 1 aromatic heterocycles. The van der Waals surface area contributed by atoms with Crippen molar-refractivity contribution in [1.82, 2.24) is 14.6 Å². The fourth-order valence-corrected chi connectivity index (χ4v) is 4.67. The fraction of sp³-hybridized carbons (Fsp3) is 0.375. The molecule has 1 aliphatic heterocycles. The highest BCUT2D eigenvalue weighted by molar-refractivity contribution is 7.89. The standard InChI is InChI=1S/C16H20N4O3S2/c21-16(17-6-9-25(22,23)20-7-1-2-8-20)19-14-5-3-4-13(10-14)15-11-24-12-18-15/h3-5,10-12H,1-2,6-9H2,(H2,17,19,21). The first-order valence-corrected chi connectivity index (χ1v) is 10.6. The average molecular weight is 380 g/mol. The number of hydrogen-bond acceptors (Lipinski definition) is 5. The summed E-state index contributed by atoms with van der Waals surface area (Å²) in [6.07, 6.45) is 1.81. The monoisotopic (exact) mass is 380 g/mol. The number of nitrogens with one attached hydrogen (secondary N) is 2. The Morgan fingerprint density at radius 3 is 2.80 bits per heavy atom. The quantitative estimate of drug-likeness (QED) is 0.805. The van der Waals surface area contributed by atoms with Crippen LogP contribution in [-0.2, 0) is 10.0 Å². The van der Waals surface area contributed by atoms with E-state index >= 15 is 0 Å². The molecule has 25 heavy (non-hydrogen) atoms. The van der Waals surface area contributed by atoms with Crippen LogP contribution in [0.3, 0.4) is 0 Å². The molecule has 0 bridgehead atoms. The second-order valence-corrected chi connectivity index (χ2v) is 8.56. The highest BCUT2D eigenvalue weighted by Crippen LogP contribution is 2.22. The second-order valence-electron chi connectivity index (χ2n) is 5.76. The van der Waals surface area contributed by atoms with Crippen molar-refractivity contribution in [1.29, 1.82) is 0 Å². The first-order valence-electron chi connectivity index (χ1n) is 8.06. The van der Waals surface area contributed by atoms with Crippen molar-refractivity contribution < 1.29 is 13.2 Å². The van der Waals surface area contributed by atoms with Crippen LogP contribution >= 0.6 is 11.3 Å². The van der Waals surface area contributed by atoms with Crippen LogP contribution in [0.4, 0.5) is 10.5 Å². The van der Waals surface area contributed by atoms with E-state index < -0.39 is 16.1 Å². The Hall–Kier alpha value is -1.97. The lowest BCUT2D eigenvalue weighted by Crippen LogP contribution is -2.37. The van der Waals surface area contributed by atoms with Crippen molar-refractivity contribution >= 4 is 33.1 Å². The molecule has 0 spiro atoms. The topological polar surface area (TPSA) is 91.4 Å². The van der Waals surface area contributed by atoms with Gasteiger partial charge in [-0.15, -0.1) is 11.3 Å². The summed E-state index contributed by atoms with van der Waals surface area (Å²) in [5.41, 5.74) is 4.15. The van der Waals surface area contributed by atoms with E-state index in [4.69, 9.17) is 0 Å². The summed E-state index contributed by atoms with van der Waals surface area (Å²) < 4.78 is 25.7. The molecular formula is C16H20N4O3S2. The zero-order valence-corrected chi connectivity index (χ0v) is 15.3. The Balaban J connectivity index is 1.50. The summed E-state index contributed by atoms with van der Waals surface area (Å²) in [5, 5.41) is 7.25. The number of anilines is 1. The number of thiazole rings is 1. The Bertz CT molecular complexity index is 816. The third kappa shape index (κ3) is 4.77. The molecule has 134 valence electrons. The van der Waals surface area contributed by atoms with E-state index in [2.05, 4.69) is 15.6 Å². The molecule has 0 radical (unpaired) electrons. The van der Waals surface area contributed by atoms with Crippen molar-refractivity contribution in [2.75, 3.05) is 30.7 Å². The molecule has 2 amide bonds. The van der Waals surface area contributed by atoms with Gasteiger partial charge in [0.25, 0.3) is 0 Å². The normalized spacial score (nSPS) is 15.2. The van der Waals surface area contributed by atoms with Gasteiger partial charge in [-0.05, 0) is 25.0 Å². The SMILES string of the molecule is O=C(NCCS(=O)(=O)N1CCCC1)Nc1cccc(-c2cscn2)c1. The zero-order valence-electron chi connectivity index (χ0n) is 13.6. The molecule has 7 nitrogen and oxygen atoms in total. The summed E-state index contributed by atoms with van der Waals surface area (Å²) in [5.74, 6) is -0.0840. The van der Waals surface area contributed by atoms with Crippen molar-refractivity contribution in [3.63, 3.8) is 0 Å². The number of benzene rings is 1. The van der Waals surface area contributed by atoms with Gasteiger partial charge >= 0.3 is 6.03 Å². The Morgan fingerprint density at radius 1 is 1.28 bits per heavy atom. The molecule has 9 heteroatoms. The number of carbonyl (C=O) groups is 1. The number of carbonyl (C=O) groups excluding carboxylic acids is 1.